The Hall–Kier alpha value is -0.420. The maximum absolute atomic E-state index is 5.83. The second-order valence-corrected chi connectivity index (χ2v) is 4.66. The second kappa shape index (κ2) is 6.95. The van der Waals surface area contributed by atoms with E-state index in [4.69, 9.17) is 10.5 Å². The van der Waals surface area contributed by atoms with Gasteiger partial charge >= 0.3 is 0 Å². The zero-order chi connectivity index (χ0) is 11.1. The van der Waals surface area contributed by atoms with Gasteiger partial charge in [-0.1, -0.05) is 0 Å². The van der Waals surface area contributed by atoms with E-state index < -0.39 is 0 Å². The topological polar surface area (TPSA) is 50.9 Å². The SMILES string of the molecule is COCCN1C(N)=NCC1CCCSC. The summed E-state index contributed by atoms with van der Waals surface area (Å²) >= 11 is 1.89. The summed E-state index contributed by atoms with van der Waals surface area (Å²) in [6.07, 6.45) is 4.55. The Morgan fingerprint density at radius 1 is 1.67 bits per heavy atom. The third-order valence-electron chi connectivity index (χ3n) is 2.62. The first kappa shape index (κ1) is 12.6. The number of methoxy groups -OCH3 is 1. The highest BCUT2D eigenvalue weighted by atomic mass is 32.2. The van der Waals surface area contributed by atoms with Crippen molar-refractivity contribution in [3.05, 3.63) is 0 Å². The van der Waals surface area contributed by atoms with E-state index in [1.165, 1.54) is 18.6 Å². The lowest BCUT2D eigenvalue weighted by atomic mass is 10.1. The standard InChI is InChI=1S/C10H21N3OS/c1-14-6-5-13-9(4-3-7-15-2)8-12-10(13)11/h9H,3-8H2,1-2H3,(H2,11,12). The molecule has 0 fully saturated rings. The van der Waals surface area contributed by atoms with Crippen LogP contribution in [0.3, 0.4) is 0 Å². The largest absolute Gasteiger partial charge is 0.383 e. The average Bonchev–Trinajstić information content (AvgIpc) is 2.58. The van der Waals surface area contributed by atoms with Crippen molar-refractivity contribution in [1.82, 2.24) is 4.90 Å². The Morgan fingerprint density at radius 2 is 2.47 bits per heavy atom. The first-order chi connectivity index (χ1) is 7.29. The van der Waals surface area contributed by atoms with Crippen LogP contribution in [0.15, 0.2) is 4.99 Å². The molecule has 1 unspecified atom stereocenters. The molecule has 2 N–H and O–H groups in total. The minimum atomic E-state index is 0.493. The van der Waals surface area contributed by atoms with Crippen molar-refractivity contribution in [2.75, 3.05) is 38.8 Å². The predicted molar refractivity (Wildman–Crippen MR) is 66.5 cm³/mol. The van der Waals surface area contributed by atoms with Gasteiger partial charge in [0.1, 0.15) is 0 Å². The summed E-state index contributed by atoms with van der Waals surface area (Å²) in [6, 6.07) is 0.493. The fraction of sp³-hybridized carbons (Fsp3) is 0.900. The lowest BCUT2D eigenvalue weighted by Crippen LogP contribution is -2.42. The van der Waals surface area contributed by atoms with Gasteiger partial charge in [-0.05, 0) is 24.9 Å². The Morgan fingerprint density at radius 3 is 3.13 bits per heavy atom. The van der Waals surface area contributed by atoms with Gasteiger partial charge in [0.15, 0.2) is 5.96 Å². The zero-order valence-corrected chi connectivity index (χ0v) is 10.4. The molecule has 1 aliphatic heterocycles. The van der Waals surface area contributed by atoms with Crippen LogP contribution < -0.4 is 5.73 Å². The quantitative estimate of drug-likeness (QED) is 0.658. The maximum Gasteiger partial charge on any atom is 0.191 e. The summed E-state index contributed by atoms with van der Waals surface area (Å²) in [5.74, 6) is 1.90. The third-order valence-corrected chi connectivity index (χ3v) is 3.32. The van der Waals surface area contributed by atoms with Crippen LogP contribution in [0.25, 0.3) is 0 Å². The molecule has 4 nitrogen and oxygen atoms in total. The molecule has 15 heavy (non-hydrogen) atoms. The van der Waals surface area contributed by atoms with E-state index in [0.717, 1.165) is 19.7 Å². The number of rotatable bonds is 7. The predicted octanol–water partition coefficient (Wildman–Crippen LogP) is 0.775. The van der Waals surface area contributed by atoms with Crippen LogP contribution in [0.1, 0.15) is 12.8 Å². The fourth-order valence-corrected chi connectivity index (χ4v) is 2.23. The molecule has 1 rings (SSSR count). The summed E-state index contributed by atoms with van der Waals surface area (Å²) in [4.78, 5) is 6.46. The molecule has 0 saturated heterocycles. The number of nitrogens with two attached hydrogens (primary N) is 1. The number of aliphatic imine (C=N–C) groups is 1. The zero-order valence-electron chi connectivity index (χ0n) is 9.61. The molecule has 0 radical (unpaired) electrons. The van der Waals surface area contributed by atoms with E-state index in [1.807, 2.05) is 11.8 Å². The van der Waals surface area contributed by atoms with Crippen molar-refractivity contribution in [1.29, 1.82) is 0 Å². The van der Waals surface area contributed by atoms with E-state index in [9.17, 15) is 0 Å². The Labute approximate surface area is 96.2 Å². The van der Waals surface area contributed by atoms with Gasteiger partial charge < -0.3 is 15.4 Å². The fourth-order valence-electron chi connectivity index (χ4n) is 1.77. The summed E-state index contributed by atoms with van der Waals surface area (Å²) < 4.78 is 5.07. The first-order valence-corrected chi connectivity index (χ1v) is 6.73. The van der Waals surface area contributed by atoms with Crippen LogP contribution in [0.4, 0.5) is 0 Å². The highest BCUT2D eigenvalue weighted by molar-refractivity contribution is 7.98. The summed E-state index contributed by atoms with van der Waals surface area (Å²) in [7, 11) is 1.71. The van der Waals surface area contributed by atoms with Gasteiger partial charge in [-0.25, -0.2) is 0 Å². The average molecular weight is 231 g/mol. The molecule has 1 heterocycles. The minimum Gasteiger partial charge on any atom is -0.383 e. The van der Waals surface area contributed by atoms with Crippen LogP contribution in [0.5, 0.6) is 0 Å². The molecule has 0 aromatic rings. The lowest BCUT2D eigenvalue weighted by molar-refractivity contribution is 0.164. The maximum atomic E-state index is 5.83. The number of thioether (sulfide) groups is 1. The highest BCUT2D eigenvalue weighted by Crippen LogP contribution is 2.14. The van der Waals surface area contributed by atoms with Gasteiger partial charge in [0, 0.05) is 13.7 Å². The first-order valence-electron chi connectivity index (χ1n) is 5.34. The number of nitrogens with zero attached hydrogens (tertiary/aromatic N) is 2. The Kier molecular flexibility index (Phi) is 5.86. The van der Waals surface area contributed by atoms with E-state index in [-0.39, 0.29) is 0 Å². The van der Waals surface area contributed by atoms with E-state index in [1.54, 1.807) is 7.11 Å². The smallest absolute Gasteiger partial charge is 0.191 e. The molecular formula is C10H21N3OS. The molecule has 0 saturated carbocycles. The van der Waals surface area contributed by atoms with Gasteiger partial charge in [-0.3, -0.25) is 4.99 Å². The number of guanidine groups is 1. The molecule has 0 aromatic heterocycles. The summed E-state index contributed by atoms with van der Waals surface area (Å²) in [5.41, 5.74) is 5.83. The number of ether oxygens (including phenoxy) is 1. The molecule has 0 aromatic carbocycles. The molecule has 0 amide bonds. The number of hydrogen-bond acceptors (Lipinski definition) is 5. The van der Waals surface area contributed by atoms with Crippen molar-refractivity contribution in [2.24, 2.45) is 10.7 Å². The van der Waals surface area contributed by atoms with Crippen LogP contribution in [-0.2, 0) is 4.74 Å². The van der Waals surface area contributed by atoms with Crippen LogP contribution in [0, 0.1) is 0 Å². The van der Waals surface area contributed by atoms with Gasteiger partial charge in [-0.2, -0.15) is 11.8 Å². The Bertz CT molecular complexity index is 211. The molecular weight excluding hydrogens is 210 g/mol. The van der Waals surface area contributed by atoms with Crippen molar-refractivity contribution in [2.45, 2.75) is 18.9 Å². The van der Waals surface area contributed by atoms with Crippen molar-refractivity contribution >= 4 is 17.7 Å². The summed E-state index contributed by atoms with van der Waals surface area (Å²) in [5, 5.41) is 0. The molecule has 0 aliphatic carbocycles. The molecule has 0 bridgehead atoms. The van der Waals surface area contributed by atoms with E-state index >= 15 is 0 Å². The van der Waals surface area contributed by atoms with Gasteiger partial charge in [0.25, 0.3) is 0 Å². The van der Waals surface area contributed by atoms with E-state index in [0.29, 0.717) is 12.0 Å². The van der Waals surface area contributed by atoms with Crippen molar-refractivity contribution in [3.63, 3.8) is 0 Å². The highest BCUT2D eigenvalue weighted by Gasteiger charge is 2.24. The van der Waals surface area contributed by atoms with Crippen LogP contribution >= 0.6 is 11.8 Å². The molecule has 0 spiro atoms. The van der Waals surface area contributed by atoms with Gasteiger partial charge in [-0.15, -0.1) is 0 Å². The van der Waals surface area contributed by atoms with Crippen LogP contribution in [-0.4, -0.2) is 55.7 Å². The molecule has 88 valence electrons. The third kappa shape index (κ3) is 3.91. The van der Waals surface area contributed by atoms with E-state index in [2.05, 4.69) is 16.1 Å². The normalized spacial score (nSPS) is 20.8. The van der Waals surface area contributed by atoms with Gasteiger partial charge in [0.05, 0.1) is 19.2 Å². The number of hydrogen-bond donors (Lipinski definition) is 1. The van der Waals surface area contributed by atoms with Crippen molar-refractivity contribution < 1.29 is 4.74 Å². The Balaban J connectivity index is 2.30. The van der Waals surface area contributed by atoms with Crippen molar-refractivity contribution in [3.8, 4) is 0 Å². The summed E-state index contributed by atoms with van der Waals surface area (Å²) in [6.45, 7) is 2.43. The molecule has 1 aliphatic rings. The minimum absolute atomic E-state index is 0.493. The van der Waals surface area contributed by atoms with Crippen LogP contribution in [0.2, 0.25) is 0 Å². The molecule has 5 heteroatoms. The monoisotopic (exact) mass is 231 g/mol. The second-order valence-electron chi connectivity index (χ2n) is 3.67. The van der Waals surface area contributed by atoms with Gasteiger partial charge in [0.2, 0.25) is 0 Å². The lowest BCUT2D eigenvalue weighted by Gasteiger charge is -2.25. The molecule has 1 atom stereocenters.